The summed E-state index contributed by atoms with van der Waals surface area (Å²) in [4.78, 5) is 12.6. The van der Waals surface area contributed by atoms with Crippen LogP contribution in [-0.2, 0) is 0 Å². The summed E-state index contributed by atoms with van der Waals surface area (Å²) in [7, 11) is 0. The molecule has 3 heterocycles. The van der Waals surface area contributed by atoms with Gasteiger partial charge in [0, 0.05) is 11.6 Å². The van der Waals surface area contributed by atoms with Crippen molar-refractivity contribution in [1.82, 2.24) is 20.4 Å². The normalized spacial score (nSPS) is 17.3. The van der Waals surface area contributed by atoms with E-state index in [4.69, 9.17) is 11.6 Å². The van der Waals surface area contributed by atoms with Gasteiger partial charge in [-0.2, -0.15) is 9.97 Å². The Labute approximate surface area is 117 Å². The zero-order valence-corrected chi connectivity index (χ0v) is 11.7. The van der Waals surface area contributed by atoms with E-state index in [0.29, 0.717) is 11.6 Å². The van der Waals surface area contributed by atoms with Gasteiger partial charge in [-0.05, 0) is 17.9 Å². The number of aromatic nitrogens is 3. The van der Waals surface area contributed by atoms with Crippen LogP contribution >= 0.6 is 34.7 Å². The first-order valence-electron chi connectivity index (χ1n) is 5.06. The van der Waals surface area contributed by atoms with Crippen LogP contribution < -0.4 is 16.2 Å². The minimum atomic E-state index is 0.0831. The van der Waals surface area contributed by atoms with Crippen LogP contribution in [-0.4, -0.2) is 21.2 Å². The van der Waals surface area contributed by atoms with Crippen LogP contribution in [0.3, 0.4) is 0 Å². The van der Waals surface area contributed by atoms with Gasteiger partial charge >= 0.3 is 0 Å². The van der Waals surface area contributed by atoms with Crippen molar-refractivity contribution in [3.8, 4) is 0 Å². The first-order chi connectivity index (χ1) is 8.78. The number of hydrogen-bond acceptors (Lipinski definition) is 8. The molecule has 0 aliphatic carbocycles. The van der Waals surface area contributed by atoms with E-state index in [1.165, 1.54) is 11.3 Å². The number of nitrogens with one attached hydrogen (secondary N) is 3. The number of hydrogen-bond donors (Lipinski definition) is 3. The third-order valence-electron chi connectivity index (χ3n) is 2.40. The van der Waals surface area contributed by atoms with E-state index in [1.807, 2.05) is 11.6 Å². The van der Waals surface area contributed by atoms with Crippen molar-refractivity contribution in [3.05, 3.63) is 22.4 Å². The lowest BCUT2D eigenvalue weighted by molar-refractivity contribution is 0.837. The van der Waals surface area contributed by atoms with Crippen LogP contribution in [0.5, 0.6) is 0 Å². The van der Waals surface area contributed by atoms with Crippen molar-refractivity contribution in [2.75, 3.05) is 17.0 Å². The van der Waals surface area contributed by atoms with Gasteiger partial charge in [0.1, 0.15) is 11.2 Å². The number of halogens is 1. The molecular weight excluding hydrogens is 292 g/mol. The second-order valence-corrected chi connectivity index (χ2v) is 5.63. The molecule has 94 valence electrons. The van der Waals surface area contributed by atoms with Gasteiger partial charge in [-0.1, -0.05) is 0 Å². The van der Waals surface area contributed by atoms with Crippen molar-refractivity contribution in [2.24, 2.45) is 0 Å². The Kier molecular flexibility index (Phi) is 3.25. The maximum Gasteiger partial charge on any atom is 0.226 e. The van der Waals surface area contributed by atoms with Gasteiger partial charge in [-0.15, -0.1) is 23.1 Å². The van der Waals surface area contributed by atoms with E-state index in [2.05, 4.69) is 31.1 Å². The summed E-state index contributed by atoms with van der Waals surface area (Å²) in [5, 5.41) is 6.12. The summed E-state index contributed by atoms with van der Waals surface area (Å²) < 4.78 is 0. The smallest absolute Gasteiger partial charge is 0.226 e. The van der Waals surface area contributed by atoms with E-state index in [9.17, 15) is 0 Å². The van der Waals surface area contributed by atoms with Crippen molar-refractivity contribution in [3.63, 3.8) is 0 Å². The average molecular weight is 301 g/mol. The Morgan fingerprint density at radius 1 is 1.50 bits per heavy atom. The molecule has 1 unspecified atom stereocenters. The van der Waals surface area contributed by atoms with Crippen molar-refractivity contribution >= 4 is 51.5 Å². The number of hydrazine groups is 1. The molecule has 0 saturated heterocycles. The second kappa shape index (κ2) is 4.88. The van der Waals surface area contributed by atoms with Crippen LogP contribution in [0.1, 0.15) is 10.9 Å². The highest BCUT2D eigenvalue weighted by Crippen LogP contribution is 2.39. The summed E-state index contributed by atoms with van der Waals surface area (Å²) in [5.74, 6) is 1.38. The molecular formula is C9H9ClN6S2. The summed E-state index contributed by atoms with van der Waals surface area (Å²) in [6.45, 7) is 0. The Hall–Kier alpha value is -1.09. The molecule has 0 saturated carbocycles. The van der Waals surface area contributed by atoms with Crippen LogP contribution in [0.2, 0.25) is 5.28 Å². The fourth-order valence-electron chi connectivity index (χ4n) is 1.65. The second-order valence-electron chi connectivity index (χ2n) is 3.45. The lowest BCUT2D eigenvalue weighted by Crippen LogP contribution is -2.16. The lowest BCUT2D eigenvalue weighted by Gasteiger charge is -2.11. The monoisotopic (exact) mass is 300 g/mol. The first-order valence-corrected chi connectivity index (χ1v) is 7.61. The molecule has 2 aromatic rings. The Bertz CT molecular complexity index is 560. The molecule has 2 aromatic heterocycles. The third-order valence-corrected chi connectivity index (χ3v) is 4.08. The van der Waals surface area contributed by atoms with E-state index in [1.54, 1.807) is 18.0 Å². The number of thioether (sulfide) groups is 1. The molecule has 3 N–H and O–H groups in total. The lowest BCUT2D eigenvalue weighted by atomic mass is 10.3. The van der Waals surface area contributed by atoms with Crippen molar-refractivity contribution < 1.29 is 0 Å². The van der Waals surface area contributed by atoms with Crippen molar-refractivity contribution in [1.29, 1.82) is 0 Å². The Morgan fingerprint density at radius 3 is 3.11 bits per heavy atom. The van der Waals surface area contributed by atoms with Crippen LogP contribution in [0.15, 0.2) is 11.6 Å². The fraction of sp³-hybridized carbons (Fsp3) is 0.222. The number of nitrogens with zero attached hydrogens (tertiary/aromatic N) is 3. The van der Waals surface area contributed by atoms with Gasteiger partial charge in [0.15, 0.2) is 10.9 Å². The number of fused-ring (bicyclic) bond motifs is 1. The topological polar surface area (TPSA) is 74.8 Å². The molecule has 0 fully saturated rings. The minimum absolute atomic E-state index is 0.0831. The standard InChI is InChI=1S/C9H9ClN6S2/c1-17-7-4-5(14-9-11-2-3-18-9)12-8(10)13-6(4)15-16-7/h2-3,7,16H,1H3,(H2,11,12,13,14,15). The summed E-state index contributed by atoms with van der Waals surface area (Å²) in [6, 6.07) is 0. The van der Waals surface area contributed by atoms with Gasteiger partial charge in [-0.3, -0.25) is 0 Å². The molecule has 0 amide bonds. The number of thiazole rings is 1. The van der Waals surface area contributed by atoms with Crippen molar-refractivity contribution in [2.45, 2.75) is 5.37 Å². The van der Waals surface area contributed by atoms with E-state index in [0.717, 1.165) is 10.7 Å². The zero-order valence-electron chi connectivity index (χ0n) is 9.27. The molecule has 0 bridgehead atoms. The highest BCUT2D eigenvalue weighted by atomic mass is 35.5. The molecule has 0 radical (unpaired) electrons. The third kappa shape index (κ3) is 2.12. The Morgan fingerprint density at radius 2 is 2.39 bits per heavy atom. The fourth-order valence-corrected chi connectivity index (χ4v) is 2.98. The predicted molar refractivity (Wildman–Crippen MR) is 75.5 cm³/mol. The van der Waals surface area contributed by atoms with E-state index >= 15 is 0 Å². The van der Waals surface area contributed by atoms with Gasteiger partial charge in [0.25, 0.3) is 0 Å². The summed E-state index contributed by atoms with van der Waals surface area (Å²) >= 11 is 9.06. The maximum atomic E-state index is 5.91. The molecule has 1 aliphatic heterocycles. The predicted octanol–water partition coefficient (Wildman–Crippen LogP) is 2.62. The molecule has 0 aromatic carbocycles. The summed E-state index contributed by atoms with van der Waals surface area (Å²) in [6.07, 6.45) is 3.74. The summed E-state index contributed by atoms with van der Waals surface area (Å²) in [5.41, 5.74) is 7.07. The molecule has 1 aliphatic rings. The number of anilines is 3. The van der Waals surface area contributed by atoms with Gasteiger partial charge in [0.05, 0.1) is 5.56 Å². The van der Waals surface area contributed by atoms with Crippen LogP contribution in [0.4, 0.5) is 16.8 Å². The largest absolute Gasteiger partial charge is 0.316 e. The molecule has 18 heavy (non-hydrogen) atoms. The van der Waals surface area contributed by atoms with Gasteiger partial charge in [-0.25, -0.2) is 10.4 Å². The molecule has 1 atom stereocenters. The van der Waals surface area contributed by atoms with Crippen LogP contribution in [0, 0.1) is 0 Å². The van der Waals surface area contributed by atoms with Crippen LogP contribution in [0.25, 0.3) is 0 Å². The maximum absolute atomic E-state index is 5.91. The quantitative estimate of drug-likeness (QED) is 0.752. The zero-order chi connectivity index (χ0) is 12.5. The molecule has 9 heteroatoms. The SMILES string of the molecule is CSC1NNc2nc(Cl)nc(Nc3nccs3)c21. The highest BCUT2D eigenvalue weighted by molar-refractivity contribution is 7.98. The van der Waals surface area contributed by atoms with Gasteiger partial charge < -0.3 is 10.7 Å². The van der Waals surface area contributed by atoms with E-state index in [-0.39, 0.29) is 10.7 Å². The molecule has 6 nitrogen and oxygen atoms in total. The van der Waals surface area contributed by atoms with E-state index < -0.39 is 0 Å². The molecule has 0 spiro atoms. The average Bonchev–Trinajstić information content (AvgIpc) is 2.97. The van der Waals surface area contributed by atoms with Gasteiger partial charge in [0.2, 0.25) is 5.28 Å². The first kappa shape index (κ1) is 12.0. The molecule has 3 rings (SSSR count). The minimum Gasteiger partial charge on any atom is -0.316 e. The Balaban J connectivity index is 2.03. The highest BCUT2D eigenvalue weighted by Gasteiger charge is 2.27. The number of rotatable bonds is 3.